The van der Waals surface area contributed by atoms with Crippen molar-refractivity contribution in [1.82, 2.24) is 0 Å². The van der Waals surface area contributed by atoms with Gasteiger partial charge in [0, 0.05) is 31.0 Å². The van der Waals surface area contributed by atoms with Gasteiger partial charge in [0.25, 0.3) is 0 Å². The third-order valence-electron chi connectivity index (χ3n) is 2.38. The standard InChI is InChI=1S/2C6H7NO2S2.Zn/c2*7-5-3-4(11(8)9)1-2-6(5)10;/h2*1-3,10H,7H2,(H,8,9);/q;;+2/p-2. The van der Waals surface area contributed by atoms with Crippen molar-refractivity contribution in [3.05, 3.63) is 36.4 Å². The molecule has 2 rings (SSSR count). The molecule has 0 aliphatic heterocycles. The molecule has 0 spiro atoms. The second kappa shape index (κ2) is 10.4. The average molecular weight is 442 g/mol. The second-order valence-corrected chi connectivity index (χ2v) is 6.76. The molecule has 2 unspecified atom stereocenters. The summed E-state index contributed by atoms with van der Waals surface area (Å²) < 4.78 is 41.5. The topological polar surface area (TPSA) is 132 Å². The molecule has 23 heavy (non-hydrogen) atoms. The first-order chi connectivity index (χ1) is 10.2. The van der Waals surface area contributed by atoms with Crippen LogP contribution in [0.4, 0.5) is 11.4 Å². The second-order valence-electron chi connectivity index (χ2n) is 3.91. The smallest absolute Gasteiger partial charge is 0.768 e. The van der Waals surface area contributed by atoms with Crippen LogP contribution in [0.1, 0.15) is 0 Å². The van der Waals surface area contributed by atoms with Crippen molar-refractivity contribution >= 4 is 58.8 Å². The van der Waals surface area contributed by atoms with Crippen LogP contribution in [-0.4, -0.2) is 17.5 Å². The summed E-state index contributed by atoms with van der Waals surface area (Å²) in [4.78, 5) is 1.53. The molecule has 0 fully saturated rings. The Labute approximate surface area is 162 Å². The van der Waals surface area contributed by atoms with Gasteiger partial charge < -0.3 is 20.6 Å². The Morgan fingerprint density at radius 3 is 1.30 bits per heavy atom. The molecule has 4 N–H and O–H groups in total. The molecular weight excluding hydrogens is 430 g/mol. The van der Waals surface area contributed by atoms with Crippen LogP contribution in [0, 0.1) is 0 Å². The maximum absolute atomic E-state index is 10.4. The van der Waals surface area contributed by atoms with Gasteiger partial charge in [0.05, 0.1) is 0 Å². The monoisotopic (exact) mass is 440 g/mol. The molecule has 2 atom stereocenters. The van der Waals surface area contributed by atoms with Crippen LogP contribution in [-0.2, 0) is 41.6 Å². The van der Waals surface area contributed by atoms with Gasteiger partial charge in [-0.3, -0.25) is 8.42 Å². The molecule has 0 amide bonds. The van der Waals surface area contributed by atoms with Crippen LogP contribution in [0.5, 0.6) is 0 Å². The zero-order valence-electron chi connectivity index (χ0n) is 11.7. The van der Waals surface area contributed by atoms with Crippen LogP contribution in [0.15, 0.2) is 56.0 Å². The zero-order valence-corrected chi connectivity index (χ0v) is 18.1. The minimum atomic E-state index is -2.21. The van der Waals surface area contributed by atoms with Crippen molar-refractivity contribution in [1.29, 1.82) is 0 Å². The molecule has 0 saturated carbocycles. The van der Waals surface area contributed by atoms with E-state index in [4.69, 9.17) is 11.5 Å². The normalized spacial score (nSPS) is 12.3. The molecule has 0 saturated heterocycles. The quantitative estimate of drug-likeness (QED) is 0.242. The number of thiol groups is 2. The van der Waals surface area contributed by atoms with E-state index in [2.05, 4.69) is 25.3 Å². The summed E-state index contributed by atoms with van der Waals surface area (Å²) in [6.45, 7) is 0. The van der Waals surface area contributed by atoms with Crippen molar-refractivity contribution in [3.8, 4) is 0 Å². The maximum Gasteiger partial charge on any atom is 2.00 e. The number of hydrogen-bond acceptors (Lipinski definition) is 8. The van der Waals surface area contributed by atoms with E-state index in [1.807, 2.05) is 0 Å². The summed E-state index contributed by atoms with van der Waals surface area (Å²) in [5, 5.41) is 0. The minimum absolute atomic E-state index is 0. The number of hydrogen-bond donors (Lipinski definition) is 4. The van der Waals surface area contributed by atoms with Gasteiger partial charge in [0.1, 0.15) is 0 Å². The Kier molecular flexibility index (Phi) is 10.3. The first-order valence-electron chi connectivity index (χ1n) is 5.58. The summed E-state index contributed by atoms with van der Waals surface area (Å²) in [7, 11) is 0. The Hall–Kier alpha value is -0.417. The van der Waals surface area contributed by atoms with E-state index in [-0.39, 0.29) is 29.3 Å². The van der Waals surface area contributed by atoms with Crippen LogP contribution in [0.25, 0.3) is 0 Å². The number of benzene rings is 2. The summed E-state index contributed by atoms with van der Waals surface area (Å²) in [6, 6.07) is 8.72. The third-order valence-corrected chi connectivity index (χ3v) is 4.48. The van der Waals surface area contributed by atoms with Crippen LogP contribution in [0.2, 0.25) is 0 Å². The van der Waals surface area contributed by atoms with Gasteiger partial charge in [0.15, 0.2) is 0 Å². The first kappa shape index (κ1) is 22.6. The number of rotatable bonds is 2. The van der Waals surface area contributed by atoms with E-state index in [0.717, 1.165) is 0 Å². The molecule has 2 aromatic rings. The van der Waals surface area contributed by atoms with Gasteiger partial charge in [-0.05, 0) is 58.6 Å². The Balaban J connectivity index is 0.000000403. The fourth-order valence-corrected chi connectivity index (χ4v) is 2.36. The summed E-state index contributed by atoms with van der Waals surface area (Å²) in [5.41, 5.74) is 11.6. The summed E-state index contributed by atoms with van der Waals surface area (Å²) >= 11 is 3.55. The number of nitrogens with two attached hydrogens (primary N) is 2. The van der Waals surface area contributed by atoms with E-state index >= 15 is 0 Å². The molecular formula is C12H12N2O4S4Zn. The predicted octanol–water partition coefficient (Wildman–Crippen LogP) is 1.59. The summed E-state index contributed by atoms with van der Waals surface area (Å²) in [5.74, 6) is 0. The SMILES string of the molecule is Nc1cc(S(=O)[O-])ccc1S.Nc1cc(S(=O)[O-])ccc1S.[Zn+2]. The van der Waals surface area contributed by atoms with Crippen molar-refractivity contribution < 1.29 is 37.0 Å². The fraction of sp³-hybridized carbons (Fsp3) is 0. The third kappa shape index (κ3) is 7.34. The van der Waals surface area contributed by atoms with Gasteiger partial charge in [-0.1, -0.05) is 0 Å². The van der Waals surface area contributed by atoms with Gasteiger partial charge in [0.2, 0.25) is 0 Å². The fourth-order valence-electron chi connectivity index (χ4n) is 1.27. The molecule has 2 aromatic carbocycles. The molecule has 0 aliphatic rings. The number of nitrogen functional groups attached to an aromatic ring is 2. The van der Waals surface area contributed by atoms with E-state index in [1.54, 1.807) is 12.1 Å². The van der Waals surface area contributed by atoms with Crippen molar-refractivity contribution in [2.45, 2.75) is 19.6 Å². The molecule has 6 nitrogen and oxygen atoms in total. The molecule has 11 heteroatoms. The zero-order chi connectivity index (χ0) is 16.9. The van der Waals surface area contributed by atoms with Crippen LogP contribution < -0.4 is 11.5 Å². The summed E-state index contributed by atoms with van der Waals surface area (Å²) in [6.07, 6.45) is 0. The maximum atomic E-state index is 10.4. The van der Waals surface area contributed by atoms with Gasteiger partial charge in [-0.2, -0.15) is 0 Å². The molecule has 120 valence electrons. The molecule has 0 heterocycles. The van der Waals surface area contributed by atoms with Crippen molar-refractivity contribution in [3.63, 3.8) is 0 Å². The van der Waals surface area contributed by atoms with Gasteiger partial charge in [-0.15, -0.1) is 25.3 Å². The van der Waals surface area contributed by atoms with Crippen LogP contribution in [0.3, 0.4) is 0 Å². The first-order valence-corrected chi connectivity index (χ1v) is 8.62. The van der Waals surface area contributed by atoms with Gasteiger partial charge >= 0.3 is 19.5 Å². The van der Waals surface area contributed by atoms with E-state index < -0.39 is 22.2 Å². The Morgan fingerprint density at radius 1 is 0.783 bits per heavy atom. The van der Waals surface area contributed by atoms with Gasteiger partial charge in [-0.25, -0.2) is 0 Å². The van der Waals surface area contributed by atoms with Crippen molar-refractivity contribution in [2.24, 2.45) is 0 Å². The molecule has 0 bridgehead atoms. The van der Waals surface area contributed by atoms with E-state index in [1.165, 1.54) is 24.3 Å². The van der Waals surface area contributed by atoms with Crippen molar-refractivity contribution in [2.75, 3.05) is 11.5 Å². The Bertz CT molecular complexity index is 669. The van der Waals surface area contributed by atoms with E-state index in [9.17, 15) is 17.5 Å². The average Bonchev–Trinajstić information content (AvgIpc) is 2.45. The van der Waals surface area contributed by atoms with Crippen LogP contribution >= 0.6 is 25.3 Å². The molecule has 0 aliphatic carbocycles. The largest absolute Gasteiger partial charge is 2.00 e. The minimum Gasteiger partial charge on any atom is -0.768 e. The number of anilines is 2. The predicted molar refractivity (Wildman–Crippen MR) is 90.6 cm³/mol. The van der Waals surface area contributed by atoms with E-state index in [0.29, 0.717) is 21.2 Å². The molecule has 0 radical (unpaired) electrons. The molecule has 0 aromatic heterocycles. The Morgan fingerprint density at radius 2 is 1.09 bits per heavy atom.